The third-order valence-corrected chi connectivity index (χ3v) is 4.68. The number of nitrogens with one attached hydrogen (secondary N) is 2. The van der Waals surface area contributed by atoms with Crippen LogP contribution in [0.15, 0.2) is 30.3 Å². The summed E-state index contributed by atoms with van der Waals surface area (Å²) in [6, 6.07) is 8.43. The van der Waals surface area contributed by atoms with E-state index in [1.807, 2.05) is 45.9 Å². The molecule has 1 heterocycles. The minimum atomic E-state index is -1.17. The van der Waals surface area contributed by atoms with Gasteiger partial charge < -0.3 is 15.5 Å². The Morgan fingerprint density at radius 3 is 2.34 bits per heavy atom. The van der Waals surface area contributed by atoms with E-state index in [0.717, 1.165) is 4.90 Å². The van der Waals surface area contributed by atoms with Crippen molar-refractivity contribution in [2.75, 3.05) is 20.1 Å². The van der Waals surface area contributed by atoms with E-state index in [-0.39, 0.29) is 12.5 Å². The number of benzene rings is 1. The van der Waals surface area contributed by atoms with Gasteiger partial charge >= 0.3 is 6.03 Å². The molecule has 0 aromatic heterocycles. The van der Waals surface area contributed by atoms with Crippen LogP contribution in [0.4, 0.5) is 4.79 Å². The molecule has 1 fully saturated rings. The summed E-state index contributed by atoms with van der Waals surface area (Å²) >= 11 is 0. The number of imide groups is 1. The van der Waals surface area contributed by atoms with Crippen molar-refractivity contribution in [3.05, 3.63) is 35.9 Å². The summed E-state index contributed by atoms with van der Waals surface area (Å²) in [4.78, 5) is 52.5. The molecule has 1 aliphatic heterocycles. The van der Waals surface area contributed by atoms with Gasteiger partial charge in [-0.05, 0) is 32.8 Å². The van der Waals surface area contributed by atoms with E-state index in [9.17, 15) is 19.2 Å². The van der Waals surface area contributed by atoms with Crippen molar-refractivity contribution < 1.29 is 19.2 Å². The molecule has 8 nitrogen and oxygen atoms in total. The van der Waals surface area contributed by atoms with Crippen molar-refractivity contribution in [2.45, 2.75) is 51.6 Å². The highest BCUT2D eigenvalue weighted by atomic mass is 16.2. The Hall–Kier alpha value is -2.90. The van der Waals surface area contributed by atoms with E-state index in [0.29, 0.717) is 18.4 Å². The Bertz CT molecular complexity index is 788. The molecule has 2 rings (SSSR count). The highest BCUT2D eigenvalue weighted by molar-refractivity contribution is 6.09. The van der Waals surface area contributed by atoms with Crippen LogP contribution in [0.5, 0.6) is 0 Å². The predicted molar refractivity (Wildman–Crippen MR) is 109 cm³/mol. The second-order valence-electron chi connectivity index (χ2n) is 8.39. The first kappa shape index (κ1) is 22.4. The summed E-state index contributed by atoms with van der Waals surface area (Å²) in [5.74, 6) is -1.25. The van der Waals surface area contributed by atoms with Crippen molar-refractivity contribution >= 4 is 23.8 Å². The van der Waals surface area contributed by atoms with Gasteiger partial charge in [-0.2, -0.15) is 0 Å². The van der Waals surface area contributed by atoms with Crippen molar-refractivity contribution in [2.24, 2.45) is 0 Å². The molecular weight excluding hydrogens is 372 g/mol. The molecule has 0 saturated carbocycles. The SMILES string of the molecule is CCC[C@@]1(c2ccccc2)NC(=O)N(CC(=O)N(C)CC(=O)NC(C)(C)C)C1=O. The summed E-state index contributed by atoms with van der Waals surface area (Å²) < 4.78 is 0. The smallest absolute Gasteiger partial charge is 0.325 e. The lowest BCUT2D eigenvalue weighted by Crippen LogP contribution is -2.49. The summed E-state index contributed by atoms with van der Waals surface area (Å²) in [6.45, 7) is 6.89. The number of carbonyl (C=O) groups is 4. The van der Waals surface area contributed by atoms with Gasteiger partial charge in [0.05, 0.1) is 6.54 Å². The lowest BCUT2D eigenvalue weighted by molar-refractivity contribution is -0.140. The number of amides is 5. The molecule has 0 aliphatic carbocycles. The molecule has 1 aromatic carbocycles. The first-order valence-electron chi connectivity index (χ1n) is 9.75. The number of urea groups is 1. The van der Waals surface area contributed by atoms with Gasteiger partial charge in [-0.1, -0.05) is 43.7 Å². The highest BCUT2D eigenvalue weighted by Gasteiger charge is 2.52. The van der Waals surface area contributed by atoms with Crippen LogP contribution >= 0.6 is 0 Å². The van der Waals surface area contributed by atoms with E-state index in [1.54, 1.807) is 12.1 Å². The van der Waals surface area contributed by atoms with Crippen LogP contribution < -0.4 is 10.6 Å². The molecule has 1 saturated heterocycles. The van der Waals surface area contributed by atoms with Crippen LogP contribution in [0.2, 0.25) is 0 Å². The lowest BCUT2D eigenvalue weighted by Gasteiger charge is -2.27. The van der Waals surface area contributed by atoms with Gasteiger partial charge in [0.15, 0.2) is 0 Å². The minimum Gasteiger partial charge on any atom is -0.350 e. The van der Waals surface area contributed by atoms with E-state index >= 15 is 0 Å². The minimum absolute atomic E-state index is 0.154. The van der Waals surface area contributed by atoms with Gasteiger partial charge in [0.2, 0.25) is 11.8 Å². The van der Waals surface area contributed by atoms with Crippen LogP contribution in [0.1, 0.15) is 46.1 Å². The Kier molecular flexibility index (Phi) is 6.66. The fraction of sp³-hybridized carbons (Fsp3) is 0.524. The maximum absolute atomic E-state index is 13.2. The van der Waals surface area contributed by atoms with Crippen LogP contribution in [0.25, 0.3) is 0 Å². The third kappa shape index (κ3) is 5.13. The lowest BCUT2D eigenvalue weighted by atomic mass is 9.85. The van der Waals surface area contributed by atoms with Crippen molar-refractivity contribution in [1.29, 1.82) is 0 Å². The number of rotatable bonds is 7. The van der Waals surface area contributed by atoms with Gasteiger partial charge in [-0.15, -0.1) is 0 Å². The van der Waals surface area contributed by atoms with Gasteiger partial charge in [-0.3, -0.25) is 19.3 Å². The standard InChI is InChI=1S/C21H30N4O4/c1-6-12-21(15-10-8-7-9-11-15)18(28)25(19(29)23-21)14-17(27)24(5)13-16(26)22-20(2,3)4/h7-11H,6,12-14H2,1-5H3,(H,22,26)(H,23,29)/t21-/m0/s1. The van der Waals surface area contributed by atoms with Crippen LogP contribution in [-0.4, -0.2) is 59.2 Å². The average molecular weight is 402 g/mol. The van der Waals surface area contributed by atoms with Gasteiger partial charge in [0, 0.05) is 12.6 Å². The molecule has 8 heteroatoms. The molecule has 158 valence electrons. The molecule has 0 radical (unpaired) electrons. The molecule has 0 spiro atoms. The predicted octanol–water partition coefficient (Wildman–Crippen LogP) is 1.61. The second kappa shape index (κ2) is 8.63. The normalized spacial score (nSPS) is 19.1. The zero-order valence-corrected chi connectivity index (χ0v) is 17.7. The first-order chi connectivity index (χ1) is 13.5. The van der Waals surface area contributed by atoms with E-state index in [4.69, 9.17) is 0 Å². The third-order valence-electron chi connectivity index (χ3n) is 4.68. The quantitative estimate of drug-likeness (QED) is 0.677. The van der Waals surface area contributed by atoms with Gasteiger partial charge in [-0.25, -0.2) is 4.79 Å². The highest BCUT2D eigenvalue weighted by Crippen LogP contribution is 2.33. The van der Waals surface area contributed by atoms with Gasteiger partial charge in [0.1, 0.15) is 12.1 Å². The monoisotopic (exact) mass is 402 g/mol. The number of carbonyl (C=O) groups excluding carboxylic acids is 4. The van der Waals surface area contributed by atoms with Crippen molar-refractivity contribution in [3.8, 4) is 0 Å². The summed E-state index contributed by atoms with van der Waals surface area (Å²) in [6.07, 6.45) is 1.10. The molecule has 1 aliphatic rings. The fourth-order valence-electron chi connectivity index (χ4n) is 3.39. The summed E-state index contributed by atoms with van der Waals surface area (Å²) in [7, 11) is 1.47. The average Bonchev–Trinajstić information content (AvgIpc) is 2.86. The molecule has 0 bridgehead atoms. The molecule has 5 amide bonds. The Morgan fingerprint density at radius 1 is 1.17 bits per heavy atom. The Labute approximate surface area is 171 Å². The number of hydrogen-bond donors (Lipinski definition) is 2. The second-order valence-corrected chi connectivity index (χ2v) is 8.39. The van der Waals surface area contributed by atoms with E-state index in [1.165, 1.54) is 11.9 Å². The number of likely N-dealkylation sites (N-methyl/N-ethyl adjacent to an activating group) is 1. The van der Waals surface area contributed by atoms with Crippen LogP contribution in [0, 0.1) is 0 Å². The van der Waals surface area contributed by atoms with Crippen LogP contribution in [0.3, 0.4) is 0 Å². The Balaban J connectivity index is 2.13. The maximum Gasteiger partial charge on any atom is 0.325 e. The van der Waals surface area contributed by atoms with E-state index in [2.05, 4.69) is 10.6 Å². The zero-order valence-electron chi connectivity index (χ0n) is 17.7. The molecule has 29 heavy (non-hydrogen) atoms. The Morgan fingerprint density at radius 2 is 1.79 bits per heavy atom. The maximum atomic E-state index is 13.2. The first-order valence-corrected chi connectivity index (χ1v) is 9.75. The molecule has 2 N–H and O–H groups in total. The van der Waals surface area contributed by atoms with Crippen molar-refractivity contribution in [3.63, 3.8) is 0 Å². The topological polar surface area (TPSA) is 98.8 Å². The summed E-state index contributed by atoms with van der Waals surface area (Å²) in [5, 5.41) is 5.56. The molecular formula is C21H30N4O4. The van der Waals surface area contributed by atoms with Gasteiger partial charge in [0.25, 0.3) is 5.91 Å². The van der Waals surface area contributed by atoms with Crippen LogP contribution in [-0.2, 0) is 19.9 Å². The number of hydrogen-bond acceptors (Lipinski definition) is 4. The molecule has 0 unspecified atom stereocenters. The molecule has 1 atom stereocenters. The zero-order chi connectivity index (χ0) is 21.8. The molecule has 1 aromatic rings. The largest absolute Gasteiger partial charge is 0.350 e. The fourth-order valence-corrected chi connectivity index (χ4v) is 3.39. The number of nitrogens with zero attached hydrogens (tertiary/aromatic N) is 2. The summed E-state index contributed by atoms with van der Waals surface area (Å²) in [5.41, 5.74) is -0.899. The van der Waals surface area contributed by atoms with Crippen molar-refractivity contribution in [1.82, 2.24) is 20.4 Å². The van der Waals surface area contributed by atoms with E-state index < -0.39 is 35.5 Å².